The number of hydrogen-bond acceptors (Lipinski definition) is 6. The van der Waals surface area contributed by atoms with Gasteiger partial charge in [0.25, 0.3) is 0 Å². The maximum Gasteiger partial charge on any atom is 0.246 e. The predicted molar refractivity (Wildman–Crippen MR) is 78.7 cm³/mol. The van der Waals surface area contributed by atoms with Crippen LogP contribution in [0.5, 0.6) is 0 Å². The summed E-state index contributed by atoms with van der Waals surface area (Å²) in [5, 5.41) is 6.83. The number of aliphatic imine (C=N–C) groups is 1. The van der Waals surface area contributed by atoms with E-state index in [1.165, 1.54) is 0 Å². The molecule has 2 heterocycles. The van der Waals surface area contributed by atoms with Gasteiger partial charge in [-0.25, -0.2) is 8.42 Å². The van der Waals surface area contributed by atoms with Crippen LogP contribution in [0.2, 0.25) is 0 Å². The normalized spacial score (nSPS) is 21.3. The summed E-state index contributed by atoms with van der Waals surface area (Å²) in [5.41, 5.74) is 0. The van der Waals surface area contributed by atoms with Crippen molar-refractivity contribution in [2.75, 3.05) is 25.9 Å². The highest BCUT2D eigenvalue weighted by Gasteiger charge is 2.40. The molecule has 1 N–H and O–H groups in total. The molecule has 0 spiro atoms. The Hall–Kier alpha value is -1.64. The van der Waals surface area contributed by atoms with E-state index in [1.807, 2.05) is 4.90 Å². The lowest BCUT2D eigenvalue weighted by Gasteiger charge is -2.39. The van der Waals surface area contributed by atoms with Crippen LogP contribution in [0.15, 0.2) is 9.52 Å². The van der Waals surface area contributed by atoms with Crippen molar-refractivity contribution in [1.29, 1.82) is 0 Å². The van der Waals surface area contributed by atoms with E-state index in [4.69, 9.17) is 4.52 Å². The lowest BCUT2D eigenvalue weighted by Crippen LogP contribution is -2.57. The molecule has 1 aromatic rings. The summed E-state index contributed by atoms with van der Waals surface area (Å²) in [6.45, 7) is 6.41. The minimum atomic E-state index is -3.06. The zero-order valence-electron chi connectivity index (χ0n) is 12.8. The van der Waals surface area contributed by atoms with Crippen molar-refractivity contribution >= 4 is 15.8 Å². The van der Waals surface area contributed by atoms with Crippen molar-refractivity contribution in [3.63, 3.8) is 0 Å². The van der Waals surface area contributed by atoms with Gasteiger partial charge in [-0.05, 0) is 20.8 Å². The fraction of sp³-hybridized carbons (Fsp3) is 0.750. The highest BCUT2D eigenvalue weighted by molar-refractivity contribution is 7.92. The first kappa shape index (κ1) is 15.7. The molecule has 0 amide bonds. The Kier molecular flexibility index (Phi) is 4.22. The van der Waals surface area contributed by atoms with E-state index in [9.17, 15) is 8.42 Å². The van der Waals surface area contributed by atoms with Gasteiger partial charge in [0.2, 0.25) is 5.89 Å². The standard InChI is InChI=1S/C12H21N5O3S/c1-9-15-10(20-16-9)7-14-11(13-4)17-5-6-21(18,19)12(2,3)8-17/h5-8H2,1-4H3,(H,13,14). The van der Waals surface area contributed by atoms with Gasteiger partial charge in [-0.15, -0.1) is 0 Å². The third-order valence-electron chi connectivity index (χ3n) is 3.52. The molecule has 1 saturated heterocycles. The summed E-state index contributed by atoms with van der Waals surface area (Å²) >= 11 is 0. The van der Waals surface area contributed by atoms with Gasteiger partial charge in [-0.2, -0.15) is 4.98 Å². The van der Waals surface area contributed by atoms with Crippen molar-refractivity contribution in [3.05, 3.63) is 11.7 Å². The lowest BCUT2D eigenvalue weighted by atomic mass is 10.2. The number of rotatable bonds is 2. The molecule has 0 saturated carbocycles. The van der Waals surface area contributed by atoms with Crippen LogP contribution in [-0.2, 0) is 16.4 Å². The zero-order chi connectivity index (χ0) is 15.7. The predicted octanol–water partition coefficient (Wildman–Crippen LogP) is -0.0376. The first-order valence-electron chi connectivity index (χ1n) is 6.72. The molecule has 9 heteroatoms. The third-order valence-corrected chi connectivity index (χ3v) is 6.06. The molecular formula is C12H21N5O3S. The Labute approximate surface area is 124 Å². The molecule has 1 aliphatic heterocycles. The van der Waals surface area contributed by atoms with Gasteiger partial charge >= 0.3 is 0 Å². The van der Waals surface area contributed by atoms with Crippen molar-refractivity contribution in [3.8, 4) is 0 Å². The van der Waals surface area contributed by atoms with E-state index < -0.39 is 14.6 Å². The minimum absolute atomic E-state index is 0.125. The summed E-state index contributed by atoms with van der Waals surface area (Å²) in [7, 11) is -1.40. The number of aromatic nitrogens is 2. The Morgan fingerprint density at radius 1 is 1.52 bits per heavy atom. The highest BCUT2D eigenvalue weighted by Crippen LogP contribution is 2.23. The maximum atomic E-state index is 12.0. The smallest absolute Gasteiger partial charge is 0.246 e. The molecule has 0 aromatic carbocycles. The molecule has 21 heavy (non-hydrogen) atoms. The summed E-state index contributed by atoms with van der Waals surface area (Å²) in [5.74, 6) is 1.80. The van der Waals surface area contributed by atoms with Crippen molar-refractivity contribution in [2.45, 2.75) is 32.1 Å². The van der Waals surface area contributed by atoms with Crippen LogP contribution in [0, 0.1) is 6.92 Å². The van der Waals surface area contributed by atoms with Gasteiger partial charge in [0.1, 0.15) is 0 Å². The second kappa shape index (κ2) is 5.63. The van der Waals surface area contributed by atoms with Crippen molar-refractivity contribution < 1.29 is 12.9 Å². The number of aryl methyl sites for hydroxylation is 1. The van der Waals surface area contributed by atoms with Crippen molar-refractivity contribution in [2.24, 2.45) is 4.99 Å². The van der Waals surface area contributed by atoms with Gasteiger partial charge in [0.05, 0.1) is 17.0 Å². The van der Waals surface area contributed by atoms with E-state index in [1.54, 1.807) is 27.8 Å². The van der Waals surface area contributed by atoms with Gasteiger partial charge in [-0.3, -0.25) is 4.99 Å². The number of nitrogens with zero attached hydrogens (tertiary/aromatic N) is 4. The molecule has 1 aromatic heterocycles. The average Bonchev–Trinajstić information content (AvgIpc) is 2.80. The van der Waals surface area contributed by atoms with Crippen LogP contribution in [0.25, 0.3) is 0 Å². The summed E-state index contributed by atoms with van der Waals surface area (Å²) in [6.07, 6.45) is 0. The number of guanidine groups is 1. The van der Waals surface area contributed by atoms with Gasteiger partial charge in [-0.1, -0.05) is 5.16 Å². The average molecular weight is 315 g/mol. The Bertz CT molecular complexity index is 635. The molecule has 1 fully saturated rings. The fourth-order valence-corrected chi connectivity index (χ4v) is 3.59. The number of hydrogen-bond donors (Lipinski definition) is 1. The molecule has 118 valence electrons. The highest BCUT2D eigenvalue weighted by atomic mass is 32.2. The first-order valence-corrected chi connectivity index (χ1v) is 8.37. The largest absolute Gasteiger partial charge is 0.347 e. The molecular weight excluding hydrogens is 294 g/mol. The fourth-order valence-electron chi connectivity index (χ4n) is 2.22. The van der Waals surface area contributed by atoms with Crippen molar-refractivity contribution in [1.82, 2.24) is 20.4 Å². The zero-order valence-corrected chi connectivity index (χ0v) is 13.6. The lowest BCUT2D eigenvalue weighted by molar-refractivity contribution is 0.343. The van der Waals surface area contributed by atoms with E-state index in [0.717, 1.165) is 0 Å². The van der Waals surface area contributed by atoms with E-state index in [-0.39, 0.29) is 5.75 Å². The first-order chi connectivity index (χ1) is 9.75. The third kappa shape index (κ3) is 3.34. The van der Waals surface area contributed by atoms with Gasteiger partial charge in [0.15, 0.2) is 21.6 Å². The SMILES string of the molecule is CN=C(NCc1nc(C)no1)N1CCS(=O)(=O)C(C)(C)C1. The minimum Gasteiger partial charge on any atom is -0.347 e. The molecule has 0 radical (unpaired) electrons. The quantitative estimate of drug-likeness (QED) is 0.604. The van der Waals surface area contributed by atoms with Gasteiger partial charge < -0.3 is 14.7 Å². The monoisotopic (exact) mass is 315 g/mol. The van der Waals surface area contributed by atoms with Crippen LogP contribution in [-0.4, -0.2) is 60.1 Å². The van der Waals surface area contributed by atoms with Gasteiger partial charge in [0, 0.05) is 20.1 Å². The molecule has 0 unspecified atom stereocenters. The second-order valence-corrected chi connectivity index (χ2v) is 8.38. The molecule has 0 atom stereocenters. The van der Waals surface area contributed by atoms with Crippen LogP contribution in [0.3, 0.4) is 0 Å². The topological polar surface area (TPSA) is 101 Å². The molecule has 0 aliphatic carbocycles. The maximum absolute atomic E-state index is 12.0. The Balaban J connectivity index is 2.02. The van der Waals surface area contributed by atoms with Crippen LogP contribution in [0.1, 0.15) is 25.6 Å². The molecule has 2 rings (SSSR count). The Morgan fingerprint density at radius 2 is 2.24 bits per heavy atom. The molecule has 8 nitrogen and oxygen atoms in total. The second-order valence-electron chi connectivity index (χ2n) is 5.64. The number of sulfone groups is 1. The van der Waals surface area contributed by atoms with E-state index in [2.05, 4.69) is 20.4 Å². The summed E-state index contributed by atoms with van der Waals surface area (Å²) in [4.78, 5) is 10.2. The van der Waals surface area contributed by atoms with Crippen LogP contribution in [0.4, 0.5) is 0 Å². The Morgan fingerprint density at radius 3 is 2.76 bits per heavy atom. The summed E-state index contributed by atoms with van der Waals surface area (Å²) < 4.78 is 28.3. The van der Waals surface area contributed by atoms with E-state index in [0.29, 0.717) is 37.3 Å². The number of nitrogens with one attached hydrogen (secondary N) is 1. The molecule has 0 bridgehead atoms. The van der Waals surface area contributed by atoms with Crippen LogP contribution >= 0.6 is 0 Å². The van der Waals surface area contributed by atoms with E-state index >= 15 is 0 Å². The molecule has 1 aliphatic rings. The summed E-state index contributed by atoms with van der Waals surface area (Å²) in [6, 6.07) is 0. The van der Waals surface area contributed by atoms with Crippen LogP contribution < -0.4 is 5.32 Å².